The molecule has 1 aromatic heterocycles. The topological polar surface area (TPSA) is 88.6 Å². The molecule has 2 N–H and O–H groups in total. The van der Waals surface area contributed by atoms with Crippen LogP contribution in [-0.4, -0.2) is 29.5 Å². The van der Waals surface area contributed by atoms with Gasteiger partial charge in [-0.1, -0.05) is 0 Å². The monoisotopic (exact) mass is 253 g/mol. The Balaban J connectivity index is 3.38. The van der Waals surface area contributed by atoms with Crippen molar-refractivity contribution in [2.75, 3.05) is 7.11 Å². The second-order valence-electron chi connectivity index (χ2n) is 2.75. The number of carbonyl (C=O) groups is 1. The summed E-state index contributed by atoms with van der Waals surface area (Å²) in [5, 5.41) is 8.55. The van der Waals surface area contributed by atoms with Gasteiger partial charge in [-0.2, -0.15) is 0 Å². The summed E-state index contributed by atoms with van der Waals surface area (Å²) in [5.74, 6) is -3.54. The van der Waals surface area contributed by atoms with Crippen LogP contribution in [0.5, 0.6) is 11.6 Å². The first-order valence-corrected chi connectivity index (χ1v) is 4.05. The van der Waals surface area contributed by atoms with Crippen LogP contribution in [0.2, 0.25) is 0 Å². The Kier molecular flexibility index (Phi) is 3.30. The lowest BCUT2D eigenvalue weighted by Gasteiger charge is -2.11. The van der Waals surface area contributed by atoms with Crippen molar-refractivity contribution in [3.05, 3.63) is 22.0 Å². The number of H-pyrrole nitrogens is 1. The lowest BCUT2D eigenvalue weighted by molar-refractivity contribution is -0.275. The van der Waals surface area contributed by atoms with Crippen LogP contribution in [0.4, 0.5) is 13.2 Å². The van der Waals surface area contributed by atoms with Gasteiger partial charge >= 0.3 is 12.3 Å². The molecule has 9 heteroatoms. The summed E-state index contributed by atoms with van der Waals surface area (Å²) in [6.45, 7) is 0. The van der Waals surface area contributed by atoms with E-state index >= 15 is 0 Å². The van der Waals surface area contributed by atoms with E-state index in [1.54, 1.807) is 0 Å². The molecule has 0 amide bonds. The predicted molar refractivity (Wildman–Crippen MR) is 47.3 cm³/mol. The molecule has 0 radical (unpaired) electrons. The first kappa shape index (κ1) is 12.9. The maximum Gasteiger partial charge on any atom is 0.573 e. The maximum atomic E-state index is 12.0. The summed E-state index contributed by atoms with van der Waals surface area (Å²) < 4.78 is 43.8. The molecule has 1 rings (SSSR count). The molecule has 94 valence electrons. The van der Waals surface area contributed by atoms with Gasteiger partial charge in [-0.25, -0.2) is 4.79 Å². The SMILES string of the molecule is COc1[nH]cc(C(=O)O)c(=O)c1OC(F)(F)F. The summed E-state index contributed by atoms with van der Waals surface area (Å²) in [5.41, 5.74) is -2.31. The Bertz CT molecular complexity index is 493. The molecule has 0 aliphatic rings. The average Bonchev–Trinajstić information content (AvgIpc) is 2.18. The van der Waals surface area contributed by atoms with Gasteiger partial charge in [0.1, 0.15) is 5.56 Å². The molecule has 1 heterocycles. The van der Waals surface area contributed by atoms with Gasteiger partial charge in [0.2, 0.25) is 17.1 Å². The van der Waals surface area contributed by atoms with Gasteiger partial charge in [-0.3, -0.25) is 4.79 Å². The zero-order chi connectivity index (χ0) is 13.2. The molecule has 17 heavy (non-hydrogen) atoms. The van der Waals surface area contributed by atoms with E-state index in [2.05, 4.69) is 14.5 Å². The Labute approximate surface area is 91.6 Å². The minimum Gasteiger partial charge on any atom is -0.480 e. The standard InChI is InChI=1S/C8H6F3NO5/c1-16-6-5(17-8(9,10)11)4(13)3(2-12-6)7(14)15/h2H,1H3,(H,12,13)(H,14,15). The highest BCUT2D eigenvalue weighted by Crippen LogP contribution is 2.26. The number of hydrogen-bond donors (Lipinski definition) is 2. The van der Waals surface area contributed by atoms with E-state index in [4.69, 9.17) is 5.11 Å². The van der Waals surface area contributed by atoms with Crippen molar-refractivity contribution in [3.8, 4) is 11.6 Å². The van der Waals surface area contributed by atoms with Gasteiger partial charge < -0.3 is 19.6 Å². The minimum atomic E-state index is -5.13. The molecule has 0 spiro atoms. The molecular weight excluding hydrogens is 247 g/mol. The highest BCUT2D eigenvalue weighted by atomic mass is 19.4. The molecule has 0 saturated carbocycles. The van der Waals surface area contributed by atoms with E-state index in [1.807, 2.05) is 0 Å². The molecule has 0 unspecified atom stereocenters. The number of aromatic nitrogens is 1. The highest BCUT2D eigenvalue weighted by molar-refractivity contribution is 5.87. The molecule has 0 aliphatic heterocycles. The maximum absolute atomic E-state index is 12.0. The third-order valence-electron chi connectivity index (χ3n) is 1.66. The molecule has 0 saturated heterocycles. The largest absolute Gasteiger partial charge is 0.573 e. The van der Waals surface area contributed by atoms with Crippen LogP contribution < -0.4 is 14.9 Å². The van der Waals surface area contributed by atoms with Crippen LogP contribution in [0.3, 0.4) is 0 Å². The van der Waals surface area contributed by atoms with Crippen molar-refractivity contribution in [2.24, 2.45) is 0 Å². The van der Waals surface area contributed by atoms with Gasteiger partial charge in [0.25, 0.3) is 0 Å². The Hall–Kier alpha value is -2.19. The number of methoxy groups -OCH3 is 1. The fourth-order valence-corrected chi connectivity index (χ4v) is 1.01. The van der Waals surface area contributed by atoms with E-state index in [9.17, 15) is 22.8 Å². The van der Waals surface area contributed by atoms with Crippen molar-refractivity contribution in [1.29, 1.82) is 0 Å². The number of aromatic carboxylic acids is 1. The zero-order valence-electron chi connectivity index (χ0n) is 8.29. The predicted octanol–water partition coefficient (Wildman–Crippen LogP) is 0.980. The van der Waals surface area contributed by atoms with Crippen LogP contribution in [0.25, 0.3) is 0 Å². The molecule has 0 atom stereocenters. The number of rotatable bonds is 3. The summed E-state index contributed by atoms with van der Waals surface area (Å²) in [4.78, 5) is 24.0. The second-order valence-corrected chi connectivity index (χ2v) is 2.75. The quantitative estimate of drug-likeness (QED) is 0.838. The van der Waals surface area contributed by atoms with Gasteiger partial charge in [0.15, 0.2) is 0 Å². The normalized spacial score (nSPS) is 11.1. The summed E-state index contributed by atoms with van der Waals surface area (Å²) in [6.07, 6.45) is -4.41. The Morgan fingerprint density at radius 1 is 1.47 bits per heavy atom. The molecular formula is C8H6F3NO5. The highest BCUT2D eigenvalue weighted by Gasteiger charge is 2.35. The van der Waals surface area contributed by atoms with E-state index in [1.165, 1.54) is 0 Å². The number of hydrogen-bond acceptors (Lipinski definition) is 4. The number of pyridine rings is 1. The van der Waals surface area contributed by atoms with E-state index in [-0.39, 0.29) is 0 Å². The smallest absolute Gasteiger partial charge is 0.480 e. The fraction of sp³-hybridized carbons (Fsp3) is 0.250. The van der Waals surface area contributed by atoms with Gasteiger partial charge in [0.05, 0.1) is 7.11 Å². The lowest BCUT2D eigenvalue weighted by atomic mass is 10.2. The van der Waals surface area contributed by atoms with Crippen molar-refractivity contribution in [1.82, 2.24) is 4.98 Å². The minimum absolute atomic E-state index is 0.614. The first-order chi connectivity index (χ1) is 7.76. The number of ether oxygens (including phenoxy) is 2. The molecule has 0 aromatic carbocycles. The third-order valence-corrected chi connectivity index (χ3v) is 1.66. The van der Waals surface area contributed by atoms with Crippen molar-refractivity contribution in [2.45, 2.75) is 6.36 Å². The van der Waals surface area contributed by atoms with Crippen LogP contribution in [0.15, 0.2) is 11.0 Å². The summed E-state index contributed by atoms with van der Waals surface area (Å²) >= 11 is 0. The van der Waals surface area contributed by atoms with Crippen molar-refractivity contribution >= 4 is 5.97 Å². The van der Waals surface area contributed by atoms with Gasteiger partial charge in [-0.05, 0) is 0 Å². The van der Waals surface area contributed by atoms with Gasteiger partial charge in [0, 0.05) is 6.20 Å². The first-order valence-electron chi connectivity index (χ1n) is 4.05. The summed E-state index contributed by atoms with van der Waals surface area (Å²) in [7, 11) is 0.995. The lowest BCUT2D eigenvalue weighted by Crippen LogP contribution is -2.25. The van der Waals surface area contributed by atoms with Crippen LogP contribution in [0.1, 0.15) is 10.4 Å². The van der Waals surface area contributed by atoms with Crippen molar-refractivity contribution < 1.29 is 32.5 Å². The van der Waals surface area contributed by atoms with Crippen LogP contribution >= 0.6 is 0 Å². The van der Waals surface area contributed by atoms with E-state index < -0.39 is 35.0 Å². The number of halogens is 3. The molecule has 0 fully saturated rings. The zero-order valence-corrected chi connectivity index (χ0v) is 8.29. The Morgan fingerprint density at radius 3 is 2.47 bits per heavy atom. The second kappa shape index (κ2) is 4.36. The number of alkyl halides is 3. The van der Waals surface area contributed by atoms with Crippen LogP contribution in [-0.2, 0) is 0 Å². The number of carboxylic acids is 1. The van der Waals surface area contributed by atoms with E-state index in [0.29, 0.717) is 6.20 Å². The van der Waals surface area contributed by atoms with Crippen LogP contribution in [0, 0.1) is 0 Å². The third kappa shape index (κ3) is 2.89. The fourth-order valence-electron chi connectivity index (χ4n) is 1.01. The number of nitrogens with one attached hydrogen (secondary N) is 1. The van der Waals surface area contributed by atoms with E-state index in [0.717, 1.165) is 7.11 Å². The average molecular weight is 253 g/mol. The molecule has 0 bridgehead atoms. The number of carboxylic acid groups (broad SMARTS) is 1. The molecule has 0 aliphatic carbocycles. The Morgan fingerprint density at radius 2 is 2.06 bits per heavy atom. The summed E-state index contributed by atoms with van der Waals surface area (Å²) in [6, 6.07) is 0. The molecule has 1 aromatic rings. The van der Waals surface area contributed by atoms with Gasteiger partial charge in [-0.15, -0.1) is 13.2 Å². The molecule has 6 nitrogen and oxygen atoms in total. The number of aromatic amines is 1. The van der Waals surface area contributed by atoms with Crippen molar-refractivity contribution in [3.63, 3.8) is 0 Å².